The van der Waals surface area contributed by atoms with E-state index in [0.717, 1.165) is 4.31 Å². The van der Waals surface area contributed by atoms with E-state index in [-0.39, 0.29) is 25.5 Å². The van der Waals surface area contributed by atoms with Crippen molar-refractivity contribution in [3.63, 3.8) is 0 Å². The minimum Gasteiger partial charge on any atom is -0.480 e. The predicted octanol–water partition coefficient (Wildman–Crippen LogP) is -1.68. The van der Waals surface area contributed by atoms with Gasteiger partial charge in [-0.1, -0.05) is 6.08 Å². The van der Waals surface area contributed by atoms with E-state index in [1.54, 1.807) is 6.08 Å². The second-order valence-electron chi connectivity index (χ2n) is 4.42. The Morgan fingerprint density at radius 2 is 1.85 bits per heavy atom. The minimum absolute atomic E-state index is 0.147. The van der Waals surface area contributed by atoms with Gasteiger partial charge in [-0.3, -0.25) is 14.5 Å². The molecule has 1 aliphatic rings. The summed E-state index contributed by atoms with van der Waals surface area (Å²) in [5.74, 6) is -2.41. The van der Waals surface area contributed by atoms with Gasteiger partial charge in [0, 0.05) is 32.7 Å². The highest BCUT2D eigenvalue weighted by molar-refractivity contribution is 7.89. The molecule has 1 heterocycles. The van der Waals surface area contributed by atoms with Crippen molar-refractivity contribution in [2.24, 2.45) is 0 Å². The van der Waals surface area contributed by atoms with Crippen molar-refractivity contribution in [1.82, 2.24) is 14.5 Å². The molecule has 1 rings (SSSR count). The summed E-state index contributed by atoms with van der Waals surface area (Å²) in [5.41, 5.74) is 0. The Hall–Kier alpha value is -1.45. The lowest BCUT2D eigenvalue weighted by atomic mass is 10.3. The van der Waals surface area contributed by atoms with Crippen LogP contribution < -0.4 is 5.32 Å². The molecule has 1 amide bonds. The molecule has 0 atom stereocenters. The van der Waals surface area contributed by atoms with Gasteiger partial charge in [0.25, 0.3) is 0 Å². The Labute approximate surface area is 118 Å². The van der Waals surface area contributed by atoms with Gasteiger partial charge in [-0.25, -0.2) is 8.42 Å². The summed E-state index contributed by atoms with van der Waals surface area (Å²) in [6, 6.07) is 0. The molecule has 0 saturated carbocycles. The number of hydrogen-bond acceptors (Lipinski definition) is 5. The number of carbonyl (C=O) groups excluding carboxylic acids is 1. The highest BCUT2D eigenvalue weighted by atomic mass is 32.2. The van der Waals surface area contributed by atoms with Crippen molar-refractivity contribution in [3.05, 3.63) is 12.7 Å². The first kappa shape index (κ1) is 16.6. The topological polar surface area (TPSA) is 107 Å². The van der Waals surface area contributed by atoms with Crippen molar-refractivity contribution < 1.29 is 23.1 Å². The third kappa shape index (κ3) is 5.27. The van der Waals surface area contributed by atoms with Gasteiger partial charge in [-0.05, 0) is 0 Å². The number of carboxylic acid groups (broad SMARTS) is 1. The van der Waals surface area contributed by atoms with Crippen molar-refractivity contribution in [2.75, 3.05) is 45.0 Å². The van der Waals surface area contributed by atoms with Crippen LogP contribution >= 0.6 is 0 Å². The van der Waals surface area contributed by atoms with Crippen LogP contribution in [0.15, 0.2) is 12.7 Å². The van der Waals surface area contributed by atoms with E-state index >= 15 is 0 Å². The van der Waals surface area contributed by atoms with E-state index in [0.29, 0.717) is 19.6 Å². The van der Waals surface area contributed by atoms with Crippen LogP contribution in [0.3, 0.4) is 0 Å². The van der Waals surface area contributed by atoms with E-state index in [9.17, 15) is 18.0 Å². The van der Waals surface area contributed by atoms with Crippen LogP contribution in [0.4, 0.5) is 0 Å². The van der Waals surface area contributed by atoms with Gasteiger partial charge in [-0.15, -0.1) is 6.58 Å². The summed E-state index contributed by atoms with van der Waals surface area (Å²) >= 11 is 0. The van der Waals surface area contributed by atoms with Crippen molar-refractivity contribution in [2.45, 2.75) is 0 Å². The van der Waals surface area contributed by atoms with Crippen LogP contribution in [-0.2, 0) is 19.6 Å². The molecule has 1 fully saturated rings. The number of nitrogens with zero attached hydrogens (tertiary/aromatic N) is 2. The summed E-state index contributed by atoms with van der Waals surface area (Å²) in [6.07, 6.45) is 1.58. The smallest absolute Gasteiger partial charge is 0.320 e. The van der Waals surface area contributed by atoms with Crippen molar-refractivity contribution in [3.8, 4) is 0 Å². The van der Waals surface area contributed by atoms with E-state index in [2.05, 4.69) is 11.9 Å². The summed E-state index contributed by atoms with van der Waals surface area (Å²) in [7, 11) is -3.76. The maximum Gasteiger partial charge on any atom is 0.320 e. The summed E-state index contributed by atoms with van der Waals surface area (Å²) in [6.45, 7) is 5.28. The van der Waals surface area contributed by atoms with Crippen LogP contribution in [-0.4, -0.2) is 79.6 Å². The molecule has 0 aromatic rings. The van der Waals surface area contributed by atoms with Crippen LogP contribution in [0, 0.1) is 0 Å². The molecule has 0 aromatic carbocycles. The first-order valence-corrected chi connectivity index (χ1v) is 7.75. The van der Waals surface area contributed by atoms with Gasteiger partial charge >= 0.3 is 5.97 Å². The number of nitrogens with one attached hydrogen (secondary N) is 1. The zero-order valence-electron chi connectivity index (χ0n) is 11.1. The molecule has 0 spiro atoms. The number of carboxylic acids is 1. The lowest BCUT2D eigenvalue weighted by molar-refractivity contribution is -0.134. The molecule has 9 heteroatoms. The first-order chi connectivity index (χ1) is 9.35. The molecule has 114 valence electrons. The normalized spacial score (nSPS) is 17.6. The first-order valence-electron chi connectivity index (χ1n) is 6.14. The van der Waals surface area contributed by atoms with Gasteiger partial charge in [0.1, 0.15) is 0 Å². The van der Waals surface area contributed by atoms with Crippen LogP contribution in [0.1, 0.15) is 0 Å². The number of carbonyl (C=O) groups is 2. The number of amides is 1. The molecular formula is C11H19N3O5S. The summed E-state index contributed by atoms with van der Waals surface area (Å²) < 4.78 is 24.6. The van der Waals surface area contributed by atoms with Gasteiger partial charge < -0.3 is 10.4 Å². The molecule has 1 saturated heterocycles. The number of rotatable bonds is 7. The molecule has 0 radical (unpaired) electrons. The van der Waals surface area contributed by atoms with E-state index in [1.807, 2.05) is 4.90 Å². The van der Waals surface area contributed by atoms with E-state index in [4.69, 9.17) is 5.11 Å². The Morgan fingerprint density at radius 1 is 1.25 bits per heavy atom. The molecule has 2 N–H and O–H groups in total. The van der Waals surface area contributed by atoms with E-state index < -0.39 is 21.7 Å². The molecular weight excluding hydrogens is 286 g/mol. The second-order valence-corrected chi connectivity index (χ2v) is 6.39. The summed E-state index contributed by atoms with van der Waals surface area (Å²) in [4.78, 5) is 23.8. The highest BCUT2D eigenvalue weighted by Crippen LogP contribution is 2.07. The highest BCUT2D eigenvalue weighted by Gasteiger charge is 2.29. The minimum atomic E-state index is -3.76. The Morgan fingerprint density at radius 3 is 2.35 bits per heavy atom. The fourth-order valence-corrected chi connectivity index (χ4v) is 3.07. The van der Waals surface area contributed by atoms with Gasteiger partial charge in [0.2, 0.25) is 15.9 Å². The lowest BCUT2D eigenvalue weighted by Crippen LogP contribution is -2.51. The predicted molar refractivity (Wildman–Crippen MR) is 72.6 cm³/mol. The number of sulfonamides is 1. The van der Waals surface area contributed by atoms with Crippen molar-refractivity contribution >= 4 is 21.9 Å². The van der Waals surface area contributed by atoms with Gasteiger partial charge in [-0.2, -0.15) is 4.31 Å². The maximum atomic E-state index is 11.7. The zero-order valence-corrected chi connectivity index (χ0v) is 11.9. The van der Waals surface area contributed by atoms with Crippen LogP contribution in [0.2, 0.25) is 0 Å². The maximum absolute atomic E-state index is 11.7. The average Bonchev–Trinajstić information content (AvgIpc) is 2.35. The third-order valence-corrected chi connectivity index (χ3v) is 4.60. The molecule has 0 aromatic heterocycles. The number of hydrogen-bond donors (Lipinski definition) is 2. The quantitative estimate of drug-likeness (QED) is 0.544. The van der Waals surface area contributed by atoms with Crippen molar-refractivity contribution in [1.29, 1.82) is 0 Å². The largest absolute Gasteiger partial charge is 0.480 e. The fourth-order valence-electron chi connectivity index (χ4n) is 1.86. The Kier molecular flexibility index (Phi) is 6.11. The van der Waals surface area contributed by atoms with Crippen LogP contribution in [0.25, 0.3) is 0 Å². The second kappa shape index (κ2) is 7.36. The van der Waals surface area contributed by atoms with Gasteiger partial charge in [0.05, 0.1) is 6.54 Å². The molecule has 0 bridgehead atoms. The van der Waals surface area contributed by atoms with Crippen LogP contribution in [0.5, 0.6) is 0 Å². The number of piperazine rings is 1. The molecule has 8 nitrogen and oxygen atoms in total. The average molecular weight is 305 g/mol. The Bertz CT molecular complexity index is 468. The number of aliphatic carboxylic acids is 1. The SMILES string of the molecule is C=CCNC(=O)CN1CCN(S(=O)(=O)CC(=O)O)CC1. The zero-order chi connectivity index (χ0) is 15.2. The standard InChI is InChI=1S/C11H19N3O5S/c1-2-3-12-10(15)8-13-4-6-14(7-5-13)20(18,19)9-11(16)17/h2H,1,3-9H2,(H,12,15)(H,16,17). The fraction of sp³-hybridized carbons (Fsp3) is 0.636. The third-order valence-electron chi connectivity index (χ3n) is 2.84. The molecule has 0 unspecified atom stereocenters. The Balaban J connectivity index is 2.42. The lowest BCUT2D eigenvalue weighted by Gasteiger charge is -2.33. The molecule has 20 heavy (non-hydrogen) atoms. The molecule has 0 aliphatic carbocycles. The summed E-state index contributed by atoms with van der Waals surface area (Å²) in [5, 5.41) is 11.2. The molecule has 1 aliphatic heterocycles. The van der Waals surface area contributed by atoms with Gasteiger partial charge in [0.15, 0.2) is 5.75 Å². The van der Waals surface area contributed by atoms with E-state index in [1.165, 1.54) is 0 Å². The monoisotopic (exact) mass is 305 g/mol.